The lowest BCUT2D eigenvalue weighted by Crippen LogP contribution is -2.40. The number of rotatable bonds is 6. The smallest absolute Gasteiger partial charge is 0.123 e. The number of hydrogen-bond acceptors (Lipinski definition) is 3. The summed E-state index contributed by atoms with van der Waals surface area (Å²) >= 11 is 0. The predicted molar refractivity (Wildman–Crippen MR) is 80.0 cm³/mol. The highest BCUT2D eigenvalue weighted by molar-refractivity contribution is 5.55. The quantitative estimate of drug-likeness (QED) is 0.860. The Labute approximate surface area is 116 Å². The fraction of sp³-hybridized carbons (Fsp3) is 0.600. The average Bonchev–Trinajstić information content (AvgIpc) is 2.30. The SMILES string of the molecule is CCN(c1ccc(F)cc1[C@H](C)N)C(C)CN(C)C. The van der Waals surface area contributed by atoms with Crippen molar-refractivity contribution in [3.63, 3.8) is 0 Å². The zero-order valence-corrected chi connectivity index (χ0v) is 12.7. The summed E-state index contributed by atoms with van der Waals surface area (Å²) in [6.45, 7) is 8.00. The van der Waals surface area contributed by atoms with Crippen LogP contribution in [0.4, 0.5) is 10.1 Å². The Morgan fingerprint density at radius 2 is 1.89 bits per heavy atom. The van der Waals surface area contributed by atoms with Gasteiger partial charge in [-0.05, 0) is 58.6 Å². The molecule has 108 valence electrons. The van der Waals surface area contributed by atoms with Gasteiger partial charge in [0.2, 0.25) is 0 Å². The van der Waals surface area contributed by atoms with E-state index in [1.54, 1.807) is 6.07 Å². The van der Waals surface area contributed by atoms with Gasteiger partial charge >= 0.3 is 0 Å². The van der Waals surface area contributed by atoms with Crippen LogP contribution in [0.5, 0.6) is 0 Å². The molecule has 1 rings (SSSR count). The lowest BCUT2D eigenvalue weighted by atomic mass is 10.0. The summed E-state index contributed by atoms with van der Waals surface area (Å²) in [6, 6.07) is 5.07. The molecular weight excluding hydrogens is 241 g/mol. The molecule has 0 aliphatic rings. The van der Waals surface area contributed by atoms with E-state index < -0.39 is 0 Å². The van der Waals surface area contributed by atoms with Gasteiger partial charge in [-0.1, -0.05) is 0 Å². The van der Waals surface area contributed by atoms with E-state index in [0.29, 0.717) is 6.04 Å². The topological polar surface area (TPSA) is 32.5 Å². The van der Waals surface area contributed by atoms with Gasteiger partial charge in [0.1, 0.15) is 5.82 Å². The third kappa shape index (κ3) is 4.18. The maximum atomic E-state index is 13.4. The van der Waals surface area contributed by atoms with E-state index in [1.807, 2.05) is 13.0 Å². The number of halogens is 1. The minimum Gasteiger partial charge on any atom is -0.368 e. The van der Waals surface area contributed by atoms with Crippen molar-refractivity contribution in [2.24, 2.45) is 5.73 Å². The first kappa shape index (κ1) is 15.9. The third-order valence-electron chi connectivity index (χ3n) is 3.29. The van der Waals surface area contributed by atoms with Crippen LogP contribution < -0.4 is 10.6 Å². The van der Waals surface area contributed by atoms with Crippen LogP contribution in [0.2, 0.25) is 0 Å². The van der Waals surface area contributed by atoms with E-state index >= 15 is 0 Å². The van der Waals surface area contributed by atoms with Crippen LogP contribution in [-0.4, -0.2) is 38.1 Å². The van der Waals surface area contributed by atoms with Crippen molar-refractivity contribution in [2.45, 2.75) is 32.9 Å². The number of nitrogens with two attached hydrogens (primary N) is 1. The molecule has 0 radical (unpaired) electrons. The van der Waals surface area contributed by atoms with Gasteiger partial charge in [-0.3, -0.25) is 0 Å². The Hall–Kier alpha value is -1.13. The van der Waals surface area contributed by atoms with Crippen molar-refractivity contribution >= 4 is 5.69 Å². The third-order valence-corrected chi connectivity index (χ3v) is 3.29. The van der Waals surface area contributed by atoms with Crippen molar-refractivity contribution in [1.82, 2.24) is 4.90 Å². The highest BCUT2D eigenvalue weighted by Crippen LogP contribution is 2.27. The number of likely N-dealkylation sites (N-methyl/N-ethyl adjacent to an activating group) is 2. The molecule has 1 aromatic carbocycles. The molecule has 0 spiro atoms. The van der Waals surface area contributed by atoms with Crippen LogP contribution in [0, 0.1) is 5.82 Å². The van der Waals surface area contributed by atoms with E-state index in [0.717, 1.165) is 24.3 Å². The van der Waals surface area contributed by atoms with Gasteiger partial charge in [-0.15, -0.1) is 0 Å². The lowest BCUT2D eigenvalue weighted by molar-refractivity contribution is 0.372. The number of hydrogen-bond donors (Lipinski definition) is 1. The van der Waals surface area contributed by atoms with Gasteiger partial charge in [0.25, 0.3) is 0 Å². The number of anilines is 1. The summed E-state index contributed by atoms with van der Waals surface area (Å²) in [5.41, 5.74) is 7.88. The minimum absolute atomic E-state index is 0.175. The summed E-state index contributed by atoms with van der Waals surface area (Å²) < 4.78 is 13.4. The zero-order chi connectivity index (χ0) is 14.6. The second-order valence-electron chi connectivity index (χ2n) is 5.39. The highest BCUT2D eigenvalue weighted by Gasteiger charge is 2.18. The lowest BCUT2D eigenvalue weighted by Gasteiger charge is -2.34. The molecular formula is C15H26FN3. The molecule has 0 aromatic heterocycles. The zero-order valence-electron chi connectivity index (χ0n) is 12.7. The van der Waals surface area contributed by atoms with Crippen molar-refractivity contribution in [1.29, 1.82) is 0 Å². The molecule has 2 atom stereocenters. The van der Waals surface area contributed by atoms with Gasteiger partial charge in [0.05, 0.1) is 0 Å². The first-order valence-corrected chi connectivity index (χ1v) is 6.83. The van der Waals surface area contributed by atoms with Crippen LogP contribution in [-0.2, 0) is 0 Å². The Kier molecular flexibility index (Phi) is 5.76. The normalized spacial score (nSPS) is 14.5. The number of benzene rings is 1. The van der Waals surface area contributed by atoms with E-state index in [1.165, 1.54) is 6.07 Å². The molecule has 4 heteroatoms. The average molecular weight is 267 g/mol. The summed E-state index contributed by atoms with van der Waals surface area (Å²) in [6.07, 6.45) is 0. The van der Waals surface area contributed by atoms with Gasteiger partial charge < -0.3 is 15.5 Å². The number of nitrogens with zero attached hydrogens (tertiary/aromatic N) is 2. The second kappa shape index (κ2) is 6.87. The van der Waals surface area contributed by atoms with Crippen molar-refractivity contribution < 1.29 is 4.39 Å². The Bertz CT molecular complexity index is 404. The Balaban J connectivity index is 3.10. The molecule has 0 saturated carbocycles. The molecule has 0 fully saturated rings. The van der Waals surface area contributed by atoms with Crippen LogP contribution in [0.1, 0.15) is 32.4 Å². The van der Waals surface area contributed by atoms with E-state index in [4.69, 9.17) is 5.73 Å². The van der Waals surface area contributed by atoms with Crippen LogP contribution in [0.15, 0.2) is 18.2 Å². The molecule has 0 amide bonds. The molecule has 0 bridgehead atoms. The molecule has 1 unspecified atom stereocenters. The fourth-order valence-electron chi connectivity index (χ4n) is 2.50. The van der Waals surface area contributed by atoms with E-state index in [2.05, 4.69) is 37.7 Å². The molecule has 3 nitrogen and oxygen atoms in total. The van der Waals surface area contributed by atoms with Gasteiger partial charge in [0.15, 0.2) is 0 Å². The van der Waals surface area contributed by atoms with Crippen LogP contribution in [0.3, 0.4) is 0 Å². The maximum Gasteiger partial charge on any atom is 0.123 e. The molecule has 0 saturated heterocycles. The molecule has 0 heterocycles. The summed E-state index contributed by atoms with van der Waals surface area (Å²) in [7, 11) is 4.11. The molecule has 1 aromatic rings. The standard InChI is InChI=1S/C15H26FN3/c1-6-19(11(2)10-18(4)5)15-8-7-13(16)9-14(15)12(3)17/h7-9,11-12H,6,10,17H2,1-5H3/t11?,12-/m0/s1. The van der Waals surface area contributed by atoms with Gasteiger partial charge in [-0.25, -0.2) is 4.39 Å². The molecule has 0 aliphatic carbocycles. The van der Waals surface area contributed by atoms with Gasteiger partial charge in [0, 0.05) is 30.9 Å². The van der Waals surface area contributed by atoms with Crippen molar-refractivity contribution in [3.05, 3.63) is 29.6 Å². The van der Waals surface area contributed by atoms with E-state index in [9.17, 15) is 4.39 Å². The first-order chi connectivity index (χ1) is 8.86. The molecule has 0 aliphatic heterocycles. The Morgan fingerprint density at radius 3 is 2.37 bits per heavy atom. The summed E-state index contributed by atoms with van der Waals surface area (Å²) in [5, 5.41) is 0. The van der Waals surface area contributed by atoms with Crippen LogP contribution >= 0.6 is 0 Å². The largest absolute Gasteiger partial charge is 0.368 e. The fourth-order valence-corrected chi connectivity index (χ4v) is 2.50. The minimum atomic E-state index is -0.229. The van der Waals surface area contributed by atoms with Crippen LogP contribution in [0.25, 0.3) is 0 Å². The van der Waals surface area contributed by atoms with Crippen molar-refractivity contribution in [2.75, 3.05) is 32.1 Å². The second-order valence-corrected chi connectivity index (χ2v) is 5.39. The van der Waals surface area contributed by atoms with Crippen molar-refractivity contribution in [3.8, 4) is 0 Å². The predicted octanol–water partition coefficient (Wildman–Crippen LogP) is 2.62. The summed E-state index contributed by atoms with van der Waals surface area (Å²) in [5.74, 6) is -0.229. The molecule has 19 heavy (non-hydrogen) atoms. The first-order valence-electron chi connectivity index (χ1n) is 6.83. The van der Waals surface area contributed by atoms with E-state index in [-0.39, 0.29) is 11.9 Å². The summed E-state index contributed by atoms with van der Waals surface area (Å²) in [4.78, 5) is 4.43. The maximum absolute atomic E-state index is 13.4. The molecule has 2 N–H and O–H groups in total. The highest BCUT2D eigenvalue weighted by atomic mass is 19.1. The monoisotopic (exact) mass is 267 g/mol. The Morgan fingerprint density at radius 1 is 1.26 bits per heavy atom. The van der Waals surface area contributed by atoms with Gasteiger partial charge in [-0.2, -0.15) is 0 Å².